The summed E-state index contributed by atoms with van der Waals surface area (Å²) in [6.07, 6.45) is 8.00. The van der Waals surface area contributed by atoms with Gasteiger partial charge in [-0.1, -0.05) is 6.92 Å². The lowest BCUT2D eigenvalue weighted by atomic mass is 9.76. The van der Waals surface area contributed by atoms with Crippen molar-refractivity contribution in [2.24, 2.45) is 0 Å². The second-order valence-electron chi connectivity index (χ2n) is 6.43. The number of aromatic nitrogens is 1. The van der Waals surface area contributed by atoms with Crippen molar-refractivity contribution in [3.63, 3.8) is 0 Å². The highest BCUT2D eigenvalue weighted by molar-refractivity contribution is 7.89. The van der Waals surface area contributed by atoms with E-state index in [9.17, 15) is 8.42 Å². The first-order valence-electron chi connectivity index (χ1n) is 7.89. The Morgan fingerprint density at radius 3 is 2.57 bits per heavy atom. The summed E-state index contributed by atoms with van der Waals surface area (Å²) in [7, 11) is -1.53. The molecule has 0 aromatic carbocycles. The van der Waals surface area contributed by atoms with Crippen LogP contribution >= 0.6 is 0 Å². The molecule has 2 saturated carbocycles. The highest BCUT2D eigenvalue weighted by Gasteiger charge is 2.39. The molecular formula is C15H25N3O2S. The Morgan fingerprint density at radius 1 is 1.38 bits per heavy atom. The third kappa shape index (κ3) is 2.89. The van der Waals surface area contributed by atoms with Gasteiger partial charge in [0.1, 0.15) is 0 Å². The molecule has 0 radical (unpaired) electrons. The van der Waals surface area contributed by atoms with Gasteiger partial charge < -0.3 is 9.88 Å². The Labute approximate surface area is 127 Å². The molecule has 2 N–H and O–H groups in total. The van der Waals surface area contributed by atoms with Crippen molar-refractivity contribution in [3.8, 4) is 0 Å². The van der Waals surface area contributed by atoms with Crippen LogP contribution < -0.4 is 10.0 Å². The first-order valence-corrected chi connectivity index (χ1v) is 9.37. The van der Waals surface area contributed by atoms with Crippen molar-refractivity contribution in [2.75, 3.05) is 7.05 Å². The quantitative estimate of drug-likeness (QED) is 0.811. The van der Waals surface area contributed by atoms with Gasteiger partial charge in [0, 0.05) is 30.0 Å². The lowest BCUT2D eigenvalue weighted by molar-refractivity contribution is 0.214. The van der Waals surface area contributed by atoms with Gasteiger partial charge in [0.25, 0.3) is 0 Å². The number of nitrogens with one attached hydrogen (secondary N) is 2. The molecule has 0 bridgehead atoms. The van der Waals surface area contributed by atoms with Crippen molar-refractivity contribution in [1.29, 1.82) is 0 Å². The van der Waals surface area contributed by atoms with Crippen LogP contribution in [0.5, 0.6) is 0 Å². The van der Waals surface area contributed by atoms with E-state index in [1.165, 1.54) is 0 Å². The Balaban J connectivity index is 1.86. The van der Waals surface area contributed by atoms with Gasteiger partial charge in [-0.2, -0.15) is 0 Å². The summed E-state index contributed by atoms with van der Waals surface area (Å²) in [6.45, 7) is 2.76. The molecule has 0 unspecified atom stereocenters. The summed E-state index contributed by atoms with van der Waals surface area (Å²) >= 11 is 0. The van der Waals surface area contributed by atoms with E-state index >= 15 is 0 Å². The van der Waals surface area contributed by atoms with Crippen LogP contribution in [0.4, 0.5) is 0 Å². The van der Waals surface area contributed by atoms with Gasteiger partial charge in [0.05, 0.1) is 4.90 Å². The maximum atomic E-state index is 12.7. The normalized spacial score (nSPS) is 21.2. The molecule has 2 fully saturated rings. The first kappa shape index (κ1) is 15.1. The van der Waals surface area contributed by atoms with E-state index in [1.54, 1.807) is 0 Å². The molecule has 0 saturated heterocycles. The molecule has 3 rings (SSSR count). The molecule has 118 valence electrons. The van der Waals surface area contributed by atoms with Crippen LogP contribution in [0.25, 0.3) is 0 Å². The molecule has 0 atom stereocenters. The number of hydrogen-bond acceptors (Lipinski definition) is 3. The van der Waals surface area contributed by atoms with Crippen LogP contribution in [0, 0.1) is 0 Å². The van der Waals surface area contributed by atoms with E-state index in [-0.39, 0.29) is 5.54 Å². The van der Waals surface area contributed by atoms with Crippen molar-refractivity contribution in [3.05, 3.63) is 18.0 Å². The van der Waals surface area contributed by atoms with Gasteiger partial charge in [-0.25, -0.2) is 13.1 Å². The third-order valence-electron chi connectivity index (χ3n) is 4.85. The molecule has 2 aliphatic rings. The Morgan fingerprint density at radius 2 is 2.10 bits per heavy atom. The second kappa shape index (κ2) is 5.41. The number of sulfonamides is 1. The van der Waals surface area contributed by atoms with Crippen LogP contribution in [-0.4, -0.2) is 25.6 Å². The Kier molecular flexibility index (Phi) is 3.88. The van der Waals surface area contributed by atoms with Crippen LogP contribution in [0.15, 0.2) is 17.2 Å². The second-order valence-corrected chi connectivity index (χ2v) is 8.11. The van der Waals surface area contributed by atoms with E-state index in [0.29, 0.717) is 17.5 Å². The maximum Gasteiger partial charge on any atom is 0.242 e. The fourth-order valence-corrected chi connectivity index (χ4v) is 4.71. The summed E-state index contributed by atoms with van der Waals surface area (Å²) in [5.74, 6) is 0. The van der Waals surface area contributed by atoms with Crippen LogP contribution in [0.1, 0.15) is 57.2 Å². The molecular weight excluding hydrogens is 286 g/mol. The van der Waals surface area contributed by atoms with Crippen LogP contribution in [0.3, 0.4) is 0 Å². The van der Waals surface area contributed by atoms with Gasteiger partial charge in [0.2, 0.25) is 10.0 Å². The van der Waals surface area contributed by atoms with Gasteiger partial charge in [0.15, 0.2) is 0 Å². The Bertz CT molecular complexity index is 607. The van der Waals surface area contributed by atoms with E-state index in [1.807, 2.05) is 19.3 Å². The maximum absolute atomic E-state index is 12.7. The largest absolute Gasteiger partial charge is 0.346 e. The highest BCUT2D eigenvalue weighted by Crippen LogP contribution is 2.39. The van der Waals surface area contributed by atoms with Crippen molar-refractivity contribution in [2.45, 2.75) is 68.5 Å². The predicted molar refractivity (Wildman–Crippen MR) is 82.7 cm³/mol. The summed E-state index contributed by atoms with van der Waals surface area (Å²) < 4.78 is 30.4. The monoisotopic (exact) mass is 311 g/mol. The first-order chi connectivity index (χ1) is 10.00. The molecule has 1 aromatic heterocycles. The number of hydrogen-bond donors (Lipinski definition) is 2. The lowest BCUT2D eigenvalue weighted by Gasteiger charge is -2.41. The predicted octanol–water partition coefficient (Wildman–Crippen LogP) is 2.15. The summed E-state index contributed by atoms with van der Waals surface area (Å²) in [5, 5.41) is 3.12. The fourth-order valence-electron chi connectivity index (χ4n) is 3.13. The molecule has 1 heterocycles. The molecule has 2 aliphatic carbocycles. The van der Waals surface area contributed by atoms with E-state index in [2.05, 4.69) is 21.5 Å². The molecule has 0 amide bonds. The molecule has 0 aliphatic heterocycles. The van der Waals surface area contributed by atoms with Crippen LogP contribution in [0.2, 0.25) is 0 Å². The summed E-state index contributed by atoms with van der Waals surface area (Å²) in [4.78, 5) is 0.416. The van der Waals surface area contributed by atoms with Gasteiger partial charge in [-0.05, 0) is 51.6 Å². The zero-order valence-electron chi connectivity index (χ0n) is 12.9. The zero-order chi connectivity index (χ0) is 15.1. The number of nitrogens with zero attached hydrogens (tertiary/aromatic N) is 1. The van der Waals surface area contributed by atoms with E-state index in [0.717, 1.165) is 44.2 Å². The van der Waals surface area contributed by atoms with Gasteiger partial charge in [-0.15, -0.1) is 0 Å². The summed E-state index contributed by atoms with van der Waals surface area (Å²) in [6, 6.07) is 2.31. The highest BCUT2D eigenvalue weighted by atomic mass is 32.2. The smallest absolute Gasteiger partial charge is 0.242 e. The molecule has 1 aromatic rings. The Hall–Kier alpha value is -0.850. The average molecular weight is 311 g/mol. The number of rotatable bonds is 7. The fraction of sp³-hybridized carbons (Fsp3) is 0.733. The lowest BCUT2D eigenvalue weighted by Crippen LogP contribution is -2.52. The average Bonchev–Trinajstić information content (AvgIpc) is 3.15. The SMILES string of the molecule is CCC1(NS(=O)(=O)c2cc(CNC)n(C3CC3)c2)CCC1. The molecule has 6 heteroatoms. The molecule has 21 heavy (non-hydrogen) atoms. The van der Waals surface area contributed by atoms with Crippen molar-refractivity contribution < 1.29 is 8.42 Å². The van der Waals surface area contributed by atoms with E-state index in [4.69, 9.17) is 0 Å². The minimum atomic E-state index is -3.42. The van der Waals surface area contributed by atoms with Crippen molar-refractivity contribution >= 4 is 10.0 Å². The third-order valence-corrected chi connectivity index (χ3v) is 6.40. The molecule has 5 nitrogen and oxygen atoms in total. The standard InChI is InChI=1S/C15H25N3O2S/c1-3-15(7-4-8-15)17-21(19,20)14-9-13(10-16-2)18(11-14)12-5-6-12/h9,11-12,16-17H,3-8,10H2,1-2H3. The van der Waals surface area contributed by atoms with Crippen molar-refractivity contribution in [1.82, 2.24) is 14.6 Å². The van der Waals surface area contributed by atoms with Crippen LogP contribution in [-0.2, 0) is 16.6 Å². The van der Waals surface area contributed by atoms with Gasteiger partial charge >= 0.3 is 0 Å². The minimum absolute atomic E-state index is 0.205. The minimum Gasteiger partial charge on any atom is -0.346 e. The van der Waals surface area contributed by atoms with Gasteiger partial charge in [-0.3, -0.25) is 0 Å². The topological polar surface area (TPSA) is 63.1 Å². The van der Waals surface area contributed by atoms with E-state index < -0.39 is 10.0 Å². The summed E-state index contributed by atoms with van der Waals surface area (Å²) in [5.41, 5.74) is 0.850. The zero-order valence-corrected chi connectivity index (χ0v) is 13.7. The molecule has 0 spiro atoms.